The predicted octanol–water partition coefficient (Wildman–Crippen LogP) is 4.58. The van der Waals surface area contributed by atoms with E-state index >= 15 is 0 Å². The van der Waals surface area contributed by atoms with Crippen molar-refractivity contribution < 1.29 is 28.1 Å². The fourth-order valence-corrected chi connectivity index (χ4v) is 5.40. The minimum absolute atomic E-state index is 0. The van der Waals surface area contributed by atoms with Crippen LogP contribution in [0.2, 0.25) is 0 Å². The second kappa shape index (κ2) is 16.7. The third-order valence-corrected chi connectivity index (χ3v) is 7.22. The quantitative estimate of drug-likeness (QED) is 0.300. The second-order valence-corrected chi connectivity index (χ2v) is 10.9. The molecule has 0 fully saturated rings. The fourth-order valence-electron chi connectivity index (χ4n) is 1.76. The summed E-state index contributed by atoms with van der Waals surface area (Å²) in [5, 5.41) is 0. The number of hydrogen-bond donors (Lipinski definition) is 3. The Balaban J connectivity index is -0.000000882. The molecule has 0 aromatic rings. The van der Waals surface area contributed by atoms with Crippen LogP contribution in [0.1, 0.15) is 53.4 Å². The van der Waals surface area contributed by atoms with E-state index in [0.29, 0.717) is 11.4 Å². The molecule has 0 spiro atoms. The normalized spacial score (nSPS) is 14.2. The maximum absolute atomic E-state index is 11.2. The third-order valence-electron chi connectivity index (χ3n) is 2.99. The smallest absolute Gasteiger partial charge is 0.196 e. The molecule has 9 nitrogen and oxygen atoms in total. The van der Waals surface area contributed by atoms with Gasteiger partial charge in [0.05, 0.1) is 7.82 Å². The standard InChI is InChI=1S/C15H28O6P2S.3H3N/c1-13(2)7-5-8-14(3)9-6-10-15(4)11-12-24-23(19,20)21-22(16,17)18;;;/h7,9,11H,5-6,8,10,12H2,1-4H3,(H,19,20)(H2,16,17,18);3*1H3/b14-9+,15-11+;;;. The van der Waals surface area contributed by atoms with E-state index < -0.39 is 14.6 Å². The van der Waals surface area contributed by atoms with Gasteiger partial charge in [-0.05, 0) is 53.4 Å². The van der Waals surface area contributed by atoms with E-state index in [0.717, 1.165) is 31.3 Å². The highest BCUT2D eigenvalue weighted by atomic mass is 32.7. The molecule has 0 saturated heterocycles. The topological polar surface area (TPSA) is 222 Å². The van der Waals surface area contributed by atoms with Crippen molar-refractivity contribution in [2.45, 2.75) is 53.4 Å². The van der Waals surface area contributed by atoms with Crippen molar-refractivity contribution in [1.29, 1.82) is 0 Å². The molecule has 0 aliphatic heterocycles. The molecule has 12 heteroatoms. The van der Waals surface area contributed by atoms with E-state index in [1.807, 2.05) is 6.92 Å². The summed E-state index contributed by atoms with van der Waals surface area (Å²) in [6, 6.07) is 0. The molecular formula is C15H37N3O6P2S. The lowest BCUT2D eigenvalue weighted by molar-refractivity contribution is -0.337. The van der Waals surface area contributed by atoms with Crippen LogP contribution in [-0.4, -0.2) is 5.75 Å². The van der Waals surface area contributed by atoms with Crippen LogP contribution in [0.4, 0.5) is 0 Å². The van der Waals surface area contributed by atoms with Gasteiger partial charge < -0.3 is 37.7 Å². The minimum Gasteiger partial charge on any atom is -0.790 e. The molecule has 0 amide bonds. The fraction of sp³-hybridized carbons (Fsp3) is 0.600. The van der Waals surface area contributed by atoms with Crippen LogP contribution < -0.4 is 33.1 Å². The molecular weight excluding hydrogens is 412 g/mol. The highest BCUT2D eigenvalue weighted by molar-refractivity contribution is 8.54. The zero-order chi connectivity index (χ0) is 18.8. The van der Waals surface area contributed by atoms with E-state index in [9.17, 15) is 23.8 Å². The number of hydrogen-bond acceptors (Lipinski definition) is 7. The summed E-state index contributed by atoms with van der Waals surface area (Å²) in [4.78, 5) is 31.8. The first-order valence-electron chi connectivity index (χ1n) is 7.55. The largest absolute Gasteiger partial charge is 0.790 e. The maximum Gasteiger partial charge on any atom is 0.196 e. The first-order chi connectivity index (χ1) is 10.9. The molecule has 0 aromatic heterocycles. The summed E-state index contributed by atoms with van der Waals surface area (Å²) in [6.45, 7) is 3.39. The molecule has 12 N–H and O–H groups in total. The van der Waals surface area contributed by atoms with Crippen molar-refractivity contribution in [3.63, 3.8) is 0 Å². The SMILES string of the molecule is CC(C)=CCC/C(C)=C/CC/C(C)=C/CSP(=O)([O-])OP(=O)([O-])[O-].[NH4+].[NH4+].[NH4+]. The van der Waals surface area contributed by atoms with Gasteiger partial charge in [0.15, 0.2) is 6.80 Å². The van der Waals surface area contributed by atoms with Gasteiger partial charge in [-0.25, -0.2) is 0 Å². The zero-order valence-electron chi connectivity index (χ0n) is 17.5. The average Bonchev–Trinajstić information content (AvgIpc) is 2.34. The summed E-state index contributed by atoms with van der Waals surface area (Å²) in [5.74, 6) is 0.0376. The van der Waals surface area contributed by atoms with Crippen molar-refractivity contribution in [3.05, 3.63) is 34.9 Å². The second-order valence-electron chi connectivity index (χ2n) is 5.73. The van der Waals surface area contributed by atoms with Crippen molar-refractivity contribution >= 4 is 26.0 Å². The predicted molar refractivity (Wildman–Crippen MR) is 112 cm³/mol. The molecule has 0 bridgehead atoms. The number of allylic oxidation sites excluding steroid dienone is 5. The van der Waals surface area contributed by atoms with Crippen LogP contribution in [0.5, 0.6) is 0 Å². The Morgan fingerprint density at radius 1 is 0.852 bits per heavy atom. The molecule has 27 heavy (non-hydrogen) atoms. The summed E-state index contributed by atoms with van der Waals surface area (Å²) in [6.07, 6.45) is 9.73. The zero-order valence-corrected chi connectivity index (χ0v) is 20.1. The highest BCUT2D eigenvalue weighted by Gasteiger charge is 2.10. The van der Waals surface area contributed by atoms with E-state index in [2.05, 4.69) is 37.2 Å². The van der Waals surface area contributed by atoms with Gasteiger partial charge in [-0.2, -0.15) is 0 Å². The van der Waals surface area contributed by atoms with Gasteiger partial charge in [-0.1, -0.05) is 46.3 Å². The van der Waals surface area contributed by atoms with Gasteiger partial charge >= 0.3 is 0 Å². The highest BCUT2D eigenvalue weighted by Crippen LogP contribution is 2.59. The monoisotopic (exact) mass is 449 g/mol. The summed E-state index contributed by atoms with van der Waals surface area (Å²) < 4.78 is 25.1. The van der Waals surface area contributed by atoms with Gasteiger partial charge in [-0.3, -0.25) is 8.88 Å². The van der Waals surface area contributed by atoms with Gasteiger partial charge in [0, 0.05) is 5.75 Å². The molecule has 0 aliphatic rings. The lowest BCUT2D eigenvalue weighted by Crippen LogP contribution is -2.17. The Labute approximate surface area is 167 Å². The first kappa shape index (κ1) is 34.3. The Bertz CT molecular complexity index is 586. The van der Waals surface area contributed by atoms with E-state index in [1.54, 1.807) is 6.08 Å². The Kier molecular flexibility index (Phi) is 21.2. The first-order valence-corrected chi connectivity index (χ1v) is 12.1. The molecule has 0 radical (unpaired) electrons. The molecule has 0 aromatic carbocycles. The minimum atomic E-state index is -5.52. The molecule has 0 heterocycles. The van der Waals surface area contributed by atoms with Crippen LogP contribution in [0.15, 0.2) is 34.9 Å². The summed E-state index contributed by atoms with van der Waals surface area (Å²) in [5.41, 5.74) is 3.61. The van der Waals surface area contributed by atoms with Gasteiger partial charge in [0.1, 0.15) is 0 Å². The summed E-state index contributed by atoms with van der Waals surface area (Å²) >= 11 is 0.295. The summed E-state index contributed by atoms with van der Waals surface area (Å²) in [7, 11) is -5.52. The lowest BCUT2D eigenvalue weighted by Gasteiger charge is -2.35. The van der Waals surface area contributed by atoms with Gasteiger partial charge in [0.25, 0.3) is 0 Å². The number of rotatable bonds is 11. The average molecular weight is 449 g/mol. The Hall–Kier alpha value is -0.250. The van der Waals surface area contributed by atoms with Gasteiger partial charge in [-0.15, -0.1) is 0 Å². The molecule has 0 aliphatic carbocycles. The van der Waals surface area contributed by atoms with Crippen LogP contribution in [-0.2, 0) is 13.4 Å². The molecule has 0 saturated carbocycles. The molecule has 1 atom stereocenters. The van der Waals surface area contributed by atoms with Gasteiger partial charge in [0.2, 0.25) is 0 Å². The van der Waals surface area contributed by atoms with E-state index in [-0.39, 0.29) is 24.2 Å². The molecule has 164 valence electrons. The van der Waals surface area contributed by atoms with Crippen molar-refractivity contribution in [1.82, 2.24) is 18.5 Å². The van der Waals surface area contributed by atoms with Crippen molar-refractivity contribution in [2.75, 3.05) is 5.75 Å². The van der Waals surface area contributed by atoms with E-state index in [4.69, 9.17) is 0 Å². The Morgan fingerprint density at radius 3 is 1.74 bits per heavy atom. The number of quaternary nitrogens is 3. The van der Waals surface area contributed by atoms with Crippen LogP contribution >= 0.6 is 26.0 Å². The maximum atomic E-state index is 11.2. The van der Waals surface area contributed by atoms with Crippen molar-refractivity contribution in [3.8, 4) is 0 Å². The van der Waals surface area contributed by atoms with E-state index in [1.165, 1.54) is 11.1 Å². The number of phosphoric acid groups is 1. The van der Waals surface area contributed by atoms with Crippen LogP contribution in [0.3, 0.4) is 0 Å². The van der Waals surface area contributed by atoms with Crippen LogP contribution in [0, 0.1) is 0 Å². The third kappa shape index (κ3) is 23.7. The molecule has 0 rings (SSSR count). The van der Waals surface area contributed by atoms with Crippen LogP contribution in [0.25, 0.3) is 0 Å². The Morgan fingerprint density at radius 2 is 1.30 bits per heavy atom. The lowest BCUT2D eigenvalue weighted by atomic mass is 10.1. The molecule has 1 unspecified atom stereocenters. The van der Waals surface area contributed by atoms with Crippen molar-refractivity contribution in [2.24, 2.45) is 0 Å².